The van der Waals surface area contributed by atoms with Crippen molar-refractivity contribution in [3.05, 3.63) is 215 Å². The number of rotatable bonds is 23. The number of nitrogens with one attached hydrogen (secondary N) is 6. The maximum Gasteiger partial charge on any atom is 0.427 e. The fourth-order valence-corrected chi connectivity index (χ4v) is 13.2. The van der Waals surface area contributed by atoms with Gasteiger partial charge in [-0.15, -0.1) is 0 Å². The number of nitrogens with two attached hydrogens (primary N) is 2. The summed E-state index contributed by atoms with van der Waals surface area (Å²) >= 11 is 9.37. The van der Waals surface area contributed by atoms with Crippen molar-refractivity contribution < 1.29 is 138 Å². The number of esters is 8. The molecule has 59 heteroatoms. The first kappa shape index (κ1) is 128. The van der Waals surface area contributed by atoms with Crippen molar-refractivity contribution in [3.63, 3.8) is 0 Å². The quantitative estimate of drug-likeness (QED) is 0.00431. The van der Waals surface area contributed by atoms with Crippen LogP contribution in [0.1, 0.15) is 219 Å². The normalized spacial score (nSPS) is 11.0. The number of benzene rings is 2. The van der Waals surface area contributed by atoms with Gasteiger partial charge in [0.05, 0.1) is 90.5 Å². The number of hydrogen-bond acceptors (Lipinski definition) is 39. The van der Waals surface area contributed by atoms with Gasteiger partial charge in [-0.05, 0) is 217 Å². The molecule has 0 saturated carbocycles. The summed E-state index contributed by atoms with van der Waals surface area (Å²) in [6.07, 6.45) is 14.9. The number of ketones is 1. The fraction of sp³-hybridized carbons (Fsp3) is 0.414. The standard InChI is InChI=1S/C13H18BrN3O5.C12H12NO2P.C11H16BrN3O4.C11H17N3O4.C10H11N3O3.C9H8BrN3O3.C6H9N3O2.C6H8N2O2.C4H8O2.C3H9B3O3.CH3F.CH4/c1-5-21-10(19)6-8(18)11-15-9(14)7-17(11)16-12(20)22-13(2,3)4;13-15-16(14,11-7-3-1-4-8-11)12-9-5-2-6-10-12;1-5-18-9(16)8-13-7(12)6-15(8)14-10(17)19-11(2,3)4;1-5-17-9(15)8-12-6-7-14(8)13-10(16)18-11(2,3)4;1-3-16-10(15)7-4-11-13-5-6(2)12-9(13)8(7)14;1-2-16-9(15)5-3-11-13-4-6(10)12-8(13)7(5)14;1-2-11-6(10)5-8-3-4-9(5)7;1-2-10-6(9)5-7-3-4-8-5;1-3-6-4(2)5;1-4-7-5(2)9-6(3)8-4;1-2;/h7H,5-6H2,1-4H3,(H,16,20);1-10H,13H2;6H,5H2,1-4H3,(H,14,17);6-7H,5H2,1-4H3,(H,13,16);4-5,11H,3H2,1-2H3;3-4,11H,2H2,1H3;3-4H,2,7H2,1H3;3-4H,2H2,1H3,(H,7,8);3H2,1-2H3;1-3H3;1H3;1H4/i;;;;;;;;;;;1D. The Kier molecular flexibility index (Phi) is 57.9. The van der Waals surface area contributed by atoms with Crippen molar-refractivity contribution in [2.24, 2.45) is 5.90 Å². The van der Waals surface area contributed by atoms with Crippen LogP contribution < -0.4 is 49.5 Å². The van der Waals surface area contributed by atoms with Gasteiger partial charge in [0.15, 0.2) is 5.82 Å². The lowest BCUT2D eigenvalue weighted by molar-refractivity contribution is -0.142. The molecule has 9 aromatic heterocycles. The van der Waals surface area contributed by atoms with E-state index < -0.39 is 107 Å². The summed E-state index contributed by atoms with van der Waals surface area (Å²) in [5.41, 5.74) is 5.29. The molecule has 0 unspecified atom stereocenters. The molecule has 0 spiro atoms. The highest BCUT2D eigenvalue weighted by molar-refractivity contribution is 9.11. The summed E-state index contributed by atoms with van der Waals surface area (Å²) < 4.78 is 109. The van der Waals surface area contributed by atoms with Gasteiger partial charge in [-0.2, -0.15) is 0 Å². The van der Waals surface area contributed by atoms with Crippen LogP contribution in [0.15, 0.2) is 158 Å². The summed E-state index contributed by atoms with van der Waals surface area (Å²) in [6, 6.07) is 18.0. The first-order valence-electron chi connectivity index (χ1n) is 44.7. The van der Waals surface area contributed by atoms with Gasteiger partial charge in [0.25, 0.3) is 7.37 Å². The minimum Gasteiger partial charge on any atom is -0.466 e. The van der Waals surface area contributed by atoms with Gasteiger partial charge in [0.2, 0.25) is 51.2 Å². The Balaban J connectivity index is 0.000000824. The number of fused-ring (bicyclic) bond motifs is 2. The van der Waals surface area contributed by atoms with Gasteiger partial charge in [0.1, 0.15) is 48.2 Å². The van der Waals surface area contributed by atoms with E-state index >= 15 is 0 Å². The molecule has 0 bridgehead atoms. The smallest absolute Gasteiger partial charge is 0.427 e. The Hall–Kier alpha value is -14.0. The van der Waals surface area contributed by atoms with Crippen molar-refractivity contribution in [2.75, 3.05) is 82.2 Å². The molecular weight excluding hydrogens is 2140 g/mol. The number of imidazole rings is 7. The van der Waals surface area contributed by atoms with Gasteiger partial charge in [-0.1, -0.05) is 43.8 Å². The first-order valence-corrected chi connectivity index (χ1v) is 47.7. The minimum atomic E-state index is -3.13. The molecule has 2 aromatic carbocycles. The Morgan fingerprint density at radius 1 is 0.479 bits per heavy atom. The van der Waals surface area contributed by atoms with Crippen molar-refractivity contribution in [1.82, 2.24) is 77.8 Å². The topological polar surface area (TPSA) is 649 Å². The van der Waals surface area contributed by atoms with E-state index in [1.807, 2.05) is 56.9 Å². The van der Waals surface area contributed by atoms with Crippen molar-refractivity contribution in [1.29, 1.82) is 0 Å². The van der Waals surface area contributed by atoms with E-state index in [2.05, 4.69) is 128 Å². The van der Waals surface area contributed by atoms with Crippen LogP contribution in [0.25, 0.3) is 11.3 Å². The van der Waals surface area contributed by atoms with Crippen LogP contribution >= 0.6 is 55.2 Å². The number of Topliss-reactive ketones (excluding diaryl/α,β-unsaturated/α-hetero) is 1. The second-order valence-electron chi connectivity index (χ2n) is 30.5. The lowest BCUT2D eigenvalue weighted by Crippen LogP contribution is -2.44. The zero-order valence-electron chi connectivity index (χ0n) is 86.0. The number of carbonyl (C=O) groups is 12. The summed E-state index contributed by atoms with van der Waals surface area (Å²) in [6.45, 7) is 40.2. The van der Waals surface area contributed by atoms with Crippen molar-refractivity contribution >= 4 is 170 Å². The van der Waals surface area contributed by atoms with E-state index in [-0.39, 0.29) is 112 Å². The molecule has 1 fully saturated rings. The number of nitrogens with zero attached hydrogens (tertiary/aromatic N) is 13. The number of aromatic nitrogens is 16. The van der Waals surface area contributed by atoms with E-state index in [0.717, 1.165) is 18.7 Å². The summed E-state index contributed by atoms with van der Waals surface area (Å²) in [5, 5.41) is 6.72. The van der Waals surface area contributed by atoms with E-state index in [9.17, 15) is 76.1 Å². The van der Waals surface area contributed by atoms with Crippen LogP contribution in [0.4, 0.5) is 18.8 Å². The third-order valence-corrected chi connectivity index (χ3v) is 19.0. The molecule has 12 rings (SSSR count). The van der Waals surface area contributed by atoms with Crippen LogP contribution in [0, 0.1) is 6.92 Å². The highest BCUT2D eigenvalue weighted by atomic mass is 79.9. The molecule has 798 valence electrons. The van der Waals surface area contributed by atoms with Crippen LogP contribution in [0.5, 0.6) is 0 Å². The lowest BCUT2D eigenvalue weighted by atomic mass is 9.74. The molecule has 0 atom stereocenters. The Morgan fingerprint density at radius 3 is 1.23 bits per heavy atom. The van der Waals surface area contributed by atoms with Gasteiger partial charge in [-0.25, -0.2) is 133 Å². The molecule has 51 nitrogen and oxygen atoms in total. The number of ether oxygens (including phenoxy) is 11. The number of carbonyl (C=O) groups excluding carboxylic acids is 12. The Bertz CT molecular complexity index is 5960. The molecule has 1 saturated heterocycles. The summed E-state index contributed by atoms with van der Waals surface area (Å²) in [7, 11) is -1.78. The number of nitrogen functional groups attached to an aromatic ring is 1. The predicted octanol–water partition coefficient (Wildman–Crippen LogP) is 11.9. The summed E-state index contributed by atoms with van der Waals surface area (Å²) in [4.78, 5) is 189. The maximum absolute atomic E-state index is 12.6. The average molecular weight is 2270 g/mol. The van der Waals surface area contributed by atoms with Gasteiger partial charge in [0, 0.05) is 68.5 Å². The number of alkyl halides is 1. The number of aromatic amines is 3. The molecule has 11 aromatic rings. The number of aryl methyl sites for hydroxylation is 1. The van der Waals surface area contributed by atoms with Crippen LogP contribution in [-0.4, -0.2) is 248 Å². The first-order chi connectivity index (χ1) is 69.3. The third-order valence-electron chi connectivity index (χ3n) is 15.6. The number of halogens is 4. The molecular formula is C87H123B3Br3FN21O30P. The lowest BCUT2D eigenvalue weighted by Gasteiger charge is -2.25. The van der Waals surface area contributed by atoms with E-state index in [1.54, 1.807) is 167 Å². The van der Waals surface area contributed by atoms with Gasteiger partial charge < -0.3 is 76.6 Å². The van der Waals surface area contributed by atoms with Gasteiger partial charge >= 0.3 is 87.4 Å². The number of amides is 3. The highest BCUT2D eigenvalue weighted by Gasteiger charge is 2.33. The summed E-state index contributed by atoms with van der Waals surface area (Å²) in [5.74, 6) is 5.85. The zero-order chi connectivity index (χ0) is 112. The van der Waals surface area contributed by atoms with E-state index in [4.69, 9.17) is 69.3 Å². The molecule has 3 amide bonds. The second-order valence-corrected chi connectivity index (χ2v) is 35.3. The van der Waals surface area contributed by atoms with Gasteiger partial charge in [-0.3, -0.25) is 43.1 Å². The molecule has 1 aliphatic rings. The Labute approximate surface area is 867 Å². The average Bonchev–Trinajstić information content (AvgIpc) is 1.60. The predicted molar refractivity (Wildman–Crippen MR) is 544 cm³/mol. The molecule has 146 heavy (non-hydrogen) atoms. The molecule has 10 N–H and O–H groups in total. The van der Waals surface area contributed by atoms with Crippen molar-refractivity contribution in [2.45, 2.75) is 183 Å². The monoisotopic (exact) mass is 2260 g/mol. The maximum atomic E-state index is 12.6. The SMILES string of the molecule is CB1OB(C)OB(C)O1.CCOC(=O)CC(=O)c1nc(Br)cn1NC(=O)OC(C)(C)C.CCOC(=O)c1c[nH]n2cc(Br)nc2c1=O.CCOC(=O)c1c[nH]n2cc(C)nc2c1=O.CCOC(=O)c1nc(Br)cn1NC(=O)OC(C)(C)C.CCOC(=O)c1ncc[nH]1.CCOC(=O)c1nccn1N.CCOC(=O)c1nccn1NC(=O)OC(C)(C)C.CCOC(C)=O.CF.NOP(=O)(c1ccccc1)c1ccccc1.[2H]C. The second kappa shape index (κ2) is 66.1. The van der Waals surface area contributed by atoms with Crippen molar-refractivity contribution in [3.8, 4) is 0 Å². The molecule has 0 aliphatic carbocycles. The van der Waals surface area contributed by atoms with E-state index in [1.165, 1.54) is 79.1 Å². The largest absolute Gasteiger partial charge is 0.466 e. The molecule has 1 aliphatic heterocycles. The molecule has 0 radical (unpaired) electrons. The van der Waals surface area contributed by atoms with Crippen LogP contribution in [0.3, 0.4) is 0 Å². The Morgan fingerprint density at radius 2 is 0.842 bits per heavy atom. The third kappa shape index (κ3) is 47.7. The van der Waals surface area contributed by atoms with Crippen LogP contribution in [-0.2, 0) is 84.6 Å². The fourth-order valence-electron chi connectivity index (χ4n) is 10.4. The van der Waals surface area contributed by atoms with E-state index in [0.29, 0.717) is 57.1 Å². The molecule has 10 heterocycles. The number of hydrogen-bond donors (Lipinski definition) is 8. The van der Waals surface area contributed by atoms with Crippen LogP contribution in [0.2, 0.25) is 20.5 Å². The minimum absolute atomic E-state index is 0.0114. The number of H-pyrrole nitrogens is 3. The zero-order valence-corrected chi connectivity index (χ0v) is 90.6. The highest BCUT2D eigenvalue weighted by Crippen LogP contribution is 2.42.